The first-order chi connectivity index (χ1) is 11.8. The van der Waals surface area contributed by atoms with Crippen molar-refractivity contribution in [2.75, 3.05) is 5.32 Å². The van der Waals surface area contributed by atoms with Crippen LogP contribution < -0.4 is 5.32 Å². The molecule has 1 atom stereocenters. The van der Waals surface area contributed by atoms with E-state index in [4.69, 9.17) is 4.74 Å². The maximum atomic E-state index is 13.5. The van der Waals surface area contributed by atoms with Crippen molar-refractivity contribution in [2.45, 2.75) is 25.9 Å². The summed E-state index contributed by atoms with van der Waals surface area (Å²) >= 11 is 0. The molecule has 1 unspecified atom stereocenters. The summed E-state index contributed by atoms with van der Waals surface area (Å²) in [6.45, 7) is 2.90. The maximum Gasteiger partial charge on any atom is 0.339 e. The summed E-state index contributed by atoms with van der Waals surface area (Å²) in [4.78, 5) is 36.2. The number of ether oxygens (including phenoxy) is 1. The fourth-order valence-electron chi connectivity index (χ4n) is 2.77. The third-order valence-electron chi connectivity index (χ3n) is 4.14. The van der Waals surface area contributed by atoms with Gasteiger partial charge in [-0.05, 0) is 49.7 Å². The summed E-state index contributed by atoms with van der Waals surface area (Å²) in [6.07, 6.45) is 0.0596. The quantitative estimate of drug-likeness (QED) is 0.688. The van der Waals surface area contributed by atoms with E-state index in [1.54, 1.807) is 24.3 Å². The standard InChI is InChI=1S/C19H16FNO4/c1-11(22)12-4-3-5-15(9-12)21-18(24)19(2)10-13-8-14(20)6-7-16(13)17(23)25-19/h3-9H,10H2,1-2H3,(H,21,24). The van der Waals surface area contributed by atoms with Crippen molar-refractivity contribution < 1.29 is 23.5 Å². The zero-order valence-corrected chi connectivity index (χ0v) is 13.8. The third-order valence-corrected chi connectivity index (χ3v) is 4.14. The Morgan fingerprint density at radius 2 is 1.96 bits per heavy atom. The van der Waals surface area contributed by atoms with Gasteiger partial charge in [0.25, 0.3) is 5.91 Å². The summed E-state index contributed by atoms with van der Waals surface area (Å²) in [6, 6.07) is 10.2. The summed E-state index contributed by atoms with van der Waals surface area (Å²) in [5, 5.41) is 2.65. The molecule has 0 saturated heterocycles. The molecule has 0 radical (unpaired) electrons. The Labute approximate surface area is 143 Å². The molecule has 1 aliphatic heterocycles. The van der Waals surface area contributed by atoms with Crippen LogP contribution in [0.25, 0.3) is 0 Å². The van der Waals surface area contributed by atoms with Crippen molar-refractivity contribution in [1.29, 1.82) is 0 Å². The minimum absolute atomic E-state index is 0.0596. The zero-order chi connectivity index (χ0) is 18.2. The molecule has 0 aromatic heterocycles. The van der Waals surface area contributed by atoms with Gasteiger partial charge in [-0.2, -0.15) is 0 Å². The first kappa shape index (κ1) is 16.8. The van der Waals surface area contributed by atoms with Crippen LogP contribution in [0, 0.1) is 5.82 Å². The van der Waals surface area contributed by atoms with Crippen molar-refractivity contribution in [3.63, 3.8) is 0 Å². The molecule has 6 heteroatoms. The summed E-state index contributed by atoms with van der Waals surface area (Å²) in [5.74, 6) is -1.82. The number of amides is 1. The number of anilines is 1. The van der Waals surface area contributed by atoms with Gasteiger partial charge < -0.3 is 10.1 Å². The highest BCUT2D eigenvalue weighted by molar-refractivity contribution is 6.03. The minimum Gasteiger partial charge on any atom is -0.445 e. The van der Waals surface area contributed by atoms with Crippen molar-refractivity contribution in [1.82, 2.24) is 0 Å². The molecule has 128 valence electrons. The number of carbonyl (C=O) groups is 3. The van der Waals surface area contributed by atoms with Crippen LogP contribution in [0.2, 0.25) is 0 Å². The van der Waals surface area contributed by atoms with E-state index in [-0.39, 0.29) is 17.8 Å². The van der Waals surface area contributed by atoms with Gasteiger partial charge in [-0.25, -0.2) is 9.18 Å². The Hall–Kier alpha value is -3.02. The topological polar surface area (TPSA) is 72.5 Å². The number of fused-ring (bicyclic) bond motifs is 1. The maximum absolute atomic E-state index is 13.5. The number of Topliss-reactive ketones (excluding diaryl/α,β-unsaturated/α-hetero) is 1. The van der Waals surface area contributed by atoms with Gasteiger partial charge in [0.15, 0.2) is 11.4 Å². The SMILES string of the molecule is CC(=O)c1cccc(NC(=O)C2(C)Cc3cc(F)ccc3C(=O)O2)c1. The van der Waals surface area contributed by atoms with Crippen LogP contribution in [0.4, 0.5) is 10.1 Å². The highest BCUT2D eigenvalue weighted by Crippen LogP contribution is 2.30. The van der Waals surface area contributed by atoms with Crippen LogP contribution in [-0.4, -0.2) is 23.3 Å². The average molecular weight is 341 g/mol. The Morgan fingerprint density at radius 1 is 1.20 bits per heavy atom. The Bertz CT molecular complexity index is 893. The van der Waals surface area contributed by atoms with E-state index in [2.05, 4.69) is 5.32 Å². The predicted octanol–water partition coefficient (Wildman–Crippen LogP) is 3.14. The van der Waals surface area contributed by atoms with Gasteiger partial charge in [0.05, 0.1) is 5.56 Å². The number of hydrogen-bond donors (Lipinski definition) is 1. The van der Waals surface area contributed by atoms with E-state index in [1.165, 1.54) is 32.0 Å². The van der Waals surface area contributed by atoms with Gasteiger partial charge in [0.2, 0.25) is 0 Å². The zero-order valence-electron chi connectivity index (χ0n) is 13.8. The summed E-state index contributed by atoms with van der Waals surface area (Å²) < 4.78 is 18.8. The first-order valence-electron chi connectivity index (χ1n) is 7.73. The molecule has 0 saturated carbocycles. The Kier molecular flexibility index (Phi) is 4.12. The van der Waals surface area contributed by atoms with E-state index in [0.717, 1.165) is 0 Å². The second-order valence-electron chi connectivity index (χ2n) is 6.19. The van der Waals surface area contributed by atoms with E-state index in [0.29, 0.717) is 16.8 Å². The molecule has 1 aliphatic rings. The number of esters is 1. The molecule has 25 heavy (non-hydrogen) atoms. The van der Waals surface area contributed by atoms with Crippen LogP contribution >= 0.6 is 0 Å². The number of halogens is 1. The van der Waals surface area contributed by atoms with Crippen molar-refractivity contribution >= 4 is 23.3 Å². The molecule has 2 aromatic carbocycles. The highest BCUT2D eigenvalue weighted by Gasteiger charge is 2.42. The van der Waals surface area contributed by atoms with Crippen LogP contribution in [0.5, 0.6) is 0 Å². The molecule has 3 rings (SSSR count). The highest BCUT2D eigenvalue weighted by atomic mass is 19.1. The lowest BCUT2D eigenvalue weighted by molar-refractivity contribution is -0.134. The molecular formula is C19H16FNO4. The molecule has 0 fully saturated rings. The van der Waals surface area contributed by atoms with Gasteiger partial charge >= 0.3 is 5.97 Å². The van der Waals surface area contributed by atoms with E-state index >= 15 is 0 Å². The van der Waals surface area contributed by atoms with Crippen LogP contribution in [0.1, 0.15) is 40.1 Å². The number of benzene rings is 2. The number of ketones is 1. The van der Waals surface area contributed by atoms with Crippen molar-refractivity contribution in [2.24, 2.45) is 0 Å². The molecule has 2 aromatic rings. The lowest BCUT2D eigenvalue weighted by atomic mass is 9.89. The normalized spacial score (nSPS) is 18.9. The van der Waals surface area contributed by atoms with Crippen molar-refractivity contribution in [3.8, 4) is 0 Å². The van der Waals surface area contributed by atoms with E-state index in [9.17, 15) is 18.8 Å². The van der Waals surface area contributed by atoms with Gasteiger partial charge in [0.1, 0.15) is 5.82 Å². The average Bonchev–Trinajstić information content (AvgIpc) is 2.54. The molecule has 1 heterocycles. The lowest BCUT2D eigenvalue weighted by Gasteiger charge is -2.33. The van der Waals surface area contributed by atoms with Gasteiger partial charge in [0, 0.05) is 17.7 Å². The first-order valence-corrected chi connectivity index (χ1v) is 7.73. The Morgan fingerprint density at radius 3 is 2.68 bits per heavy atom. The fraction of sp³-hybridized carbons (Fsp3) is 0.211. The molecular weight excluding hydrogens is 325 g/mol. The van der Waals surface area contributed by atoms with E-state index < -0.39 is 23.3 Å². The van der Waals surface area contributed by atoms with Gasteiger partial charge in [-0.3, -0.25) is 9.59 Å². The van der Waals surface area contributed by atoms with Gasteiger partial charge in [-0.1, -0.05) is 12.1 Å². The third kappa shape index (κ3) is 3.28. The molecule has 1 N–H and O–H groups in total. The number of rotatable bonds is 3. The smallest absolute Gasteiger partial charge is 0.339 e. The fourth-order valence-corrected chi connectivity index (χ4v) is 2.77. The summed E-state index contributed by atoms with van der Waals surface area (Å²) in [7, 11) is 0. The molecule has 0 spiro atoms. The number of nitrogens with one attached hydrogen (secondary N) is 1. The van der Waals surface area contributed by atoms with Crippen LogP contribution in [-0.2, 0) is 16.0 Å². The molecule has 1 amide bonds. The second-order valence-corrected chi connectivity index (χ2v) is 6.19. The van der Waals surface area contributed by atoms with Crippen LogP contribution in [0.15, 0.2) is 42.5 Å². The van der Waals surface area contributed by atoms with Crippen molar-refractivity contribution in [3.05, 3.63) is 65.0 Å². The monoisotopic (exact) mass is 341 g/mol. The van der Waals surface area contributed by atoms with Gasteiger partial charge in [-0.15, -0.1) is 0 Å². The van der Waals surface area contributed by atoms with Crippen LogP contribution in [0.3, 0.4) is 0 Å². The molecule has 5 nitrogen and oxygen atoms in total. The number of hydrogen-bond acceptors (Lipinski definition) is 4. The predicted molar refractivity (Wildman–Crippen MR) is 89.0 cm³/mol. The number of cyclic esters (lactones) is 1. The molecule has 0 aliphatic carbocycles. The largest absolute Gasteiger partial charge is 0.445 e. The molecule has 0 bridgehead atoms. The Balaban J connectivity index is 1.86. The van der Waals surface area contributed by atoms with E-state index in [1.807, 2.05) is 0 Å². The second kappa shape index (κ2) is 6.12. The number of carbonyl (C=O) groups excluding carboxylic acids is 3. The summed E-state index contributed by atoms with van der Waals surface area (Å²) in [5.41, 5.74) is 0.0806. The lowest BCUT2D eigenvalue weighted by Crippen LogP contribution is -2.49. The minimum atomic E-state index is -1.47.